The summed E-state index contributed by atoms with van der Waals surface area (Å²) in [7, 11) is 0. The number of para-hydroxylation sites is 1. The molecule has 3 rings (SSSR count). The molecule has 0 aliphatic carbocycles. The summed E-state index contributed by atoms with van der Waals surface area (Å²) in [6, 6.07) is 20.1. The molecule has 0 fully saturated rings. The first-order chi connectivity index (χ1) is 14.3. The Morgan fingerprint density at radius 3 is 2.23 bits per heavy atom. The van der Waals surface area contributed by atoms with Crippen molar-refractivity contribution in [2.45, 2.75) is 32.5 Å². The average molecular weight is 416 g/mol. The third-order valence-corrected chi connectivity index (χ3v) is 4.56. The minimum absolute atomic E-state index is 0.114. The number of ether oxygens (including phenoxy) is 3. The summed E-state index contributed by atoms with van der Waals surface area (Å²) in [6.45, 7) is 1.80. The SMILES string of the molecule is CC(C)(COCc1ccc(F)c(Oc2ccccc2)c1)c1ccc(OC(F)F)cc1. The molecule has 6 heteroatoms. The first kappa shape index (κ1) is 21.7. The van der Waals surface area contributed by atoms with Crippen molar-refractivity contribution in [1.29, 1.82) is 0 Å². The molecule has 0 N–H and O–H groups in total. The Morgan fingerprint density at radius 1 is 0.867 bits per heavy atom. The van der Waals surface area contributed by atoms with E-state index in [9.17, 15) is 13.2 Å². The zero-order valence-corrected chi connectivity index (χ0v) is 16.8. The maximum atomic E-state index is 14.1. The maximum Gasteiger partial charge on any atom is 0.387 e. The predicted octanol–water partition coefficient (Wildman–Crippen LogP) is 6.71. The highest BCUT2D eigenvalue weighted by Crippen LogP contribution is 2.28. The number of rotatable bonds is 9. The number of benzene rings is 3. The van der Waals surface area contributed by atoms with E-state index in [1.54, 1.807) is 36.4 Å². The van der Waals surface area contributed by atoms with Crippen molar-refractivity contribution < 1.29 is 27.4 Å². The van der Waals surface area contributed by atoms with E-state index in [2.05, 4.69) is 4.74 Å². The molecule has 30 heavy (non-hydrogen) atoms. The van der Waals surface area contributed by atoms with Gasteiger partial charge in [0.15, 0.2) is 11.6 Å². The van der Waals surface area contributed by atoms with Crippen molar-refractivity contribution in [1.82, 2.24) is 0 Å². The van der Waals surface area contributed by atoms with Crippen LogP contribution in [-0.4, -0.2) is 13.2 Å². The molecule has 0 saturated carbocycles. The Morgan fingerprint density at radius 2 is 1.57 bits per heavy atom. The Labute approximate surface area is 174 Å². The van der Waals surface area contributed by atoms with E-state index < -0.39 is 12.4 Å². The predicted molar refractivity (Wildman–Crippen MR) is 109 cm³/mol. The lowest BCUT2D eigenvalue weighted by Gasteiger charge is -2.25. The van der Waals surface area contributed by atoms with Crippen LogP contribution in [0.15, 0.2) is 72.8 Å². The summed E-state index contributed by atoms with van der Waals surface area (Å²) < 4.78 is 54.5. The smallest absolute Gasteiger partial charge is 0.387 e. The number of halogens is 3. The van der Waals surface area contributed by atoms with Crippen LogP contribution in [0.25, 0.3) is 0 Å². The fraction of sp³-hybridized carbons (Fsp3) is 0.250. The Balaban J connectivity index is 1.59. The second kappa shape index (κ2) is 9.67. The van der Waals surface area contributed by atoms with Gasteiger partial charge in [-0.3, -0.25) is 0 Å². The number of hydrogen-bond donors (Lipinski definition) is 0. The minimum atomic E-state index is -2.85. The molecular weight excluding hydrogens is 393 g/mol. The lowest BCUT2D eigenvalue weighted by atomic mass is 9.85. The monoisotopic (exact) mass is 416 g/mol. The van der Waals surface area contributed by atoms with Gasteiger partial charge in [0.1, 0.15) is 11.5 Å². The molecule has 3 nitrogen and oxygen atoms in total. The van der Waals surface area contributed by atoms with E-state index in [1.807, 2.05) is 32.0 Å². The topological polar surface area (TPSA) is 27.7 Å². The molecule has 0 spiro atoms. The second-order valence-electron chi connectivity index (χ2n) is 7.46. The van der Waals surface area contributed by atoms with Crippen LogP contribution >= 0.6 is 0 Å². The molecule has 0 saturated heterocycles. The highest BCUT2D eigenvalue weighted by Gasteiger charge is 2.21. The van der Waals surface area contributed by atoms with Gasteiger partial charge in [-0.05, 0) is 47.5 Å². The van der Waals surface area contributed by atoms with Crippen LogP contribution in [0.3, 0.4) is 0 Å². The normalized spacial score (nSPS) is 11.5. The Hall–Kier alpha value is -2.99. The summed E-state index contributed by atoms with van der Waals surface area (Å²) >= 11 is 0. The summed E-state index contributed by atoms with van der Waals surface area (Å²) in [4.78, 5) is 0. The van der Waals surface area contributed by atoms with E-state index in [-0.39, 0.29) is 23.5 Å². The molecule has 0 aliphatic heterocycles. The Kier molecular flexibility index (Phi) is 7.00. The van der Waals surface area contributed by atoms with Gasteiger partial charge in [-0.1, -0.05) is 50.2 Å². The van der Waals surface area contributed by atoms with Gasteiger partial charge in [-0.15, -0.1) is 0 Å². The third kappa shape index (κ3) is 6.00. The zero-order chi connectivity index (χ0) is 21.6. The van der Waals surface area contributed by atoms with Gasteiger partial charge in [0.2, 0.25) is 0 Å². The van der Waals surface area contributed by atoms with Crippen LogP contribution in [0.4, 0.5) is 13.2 Å². The molecule has 158 valence electrons. The molecule has 0 amide bonds. The van der Waals surface area contributed by atoms with Crippen LogP contribution in [-0.2, 0) is 16.8 Å². The number of hydrogen-bond acceptors (Lipinski definition) is 3. The van der Waals surface area contributed by atoms with Crippen molar-refractivity contribution in [2.24, 2.45) is 0 Å². The lowest BCUT2D eigenvalue weighted by molar-refractivity contribution is -0.0498. The maximum absolute atomic E-state index is 14.1. The van der Waals surface area contributed by atoms with Crippen molar-refractivity contribution >= 4 is 0 Å². The van der Waals surface area contributed by atoms with Gasteiger partial charge in [0.25, 0.3) is 0 Å². The Bertz CT molecular complexity index is 942. The third-order valence-electron chi connectivity index (χ3n) is 4.56. The zero-order valence-electron chi connectivity index (χ0n) is 16.8. The van der Waals surface area contributed by atoms with Crippen LogP contribution in [0.5, 0.6) is 17.2 Å². The van der Waals surface area contributed by atoms with E-state index in [4.69, 9.17) is 9.47 Å². The summed E-state index contributed by atoms with van der Waals surface area (Å²) in [6.07, 6.45) is 0. The van der Waals surface area contributed by atoms with E-state index in [0.29, 0.717) is 12.4 Å². The van der Waals surface area contributed by atoms with Gasteiger partial charge < -0.3 is 14.2 Å². The molecule has 0 aromatic heterocycles. The quantitative estimate of drug-likeness (QED) is 0.388. The fourth-order valence-corrected chi connectivity index (χ4v) is 2.93. The molecular formula is C24H23F3O3. The molecule has 0 bridgehead atoms. The van der Waals surface area contributed by atoms with Gasteiger partial charge in [0, 0.05) is 5.41 Å². The van der Waals surface area contributed by atoms with E-state index >= 15 is 0 Å². The molecule has 0 aliphatic rings. The van der Waals surface area contributed by atoms with Crippen molar-refractivity contribution in [3.8, 4) is 17.2 Å². The van der Waals surface area contributed by atoms with Crippen molar-refractivity contribution in [2.75, 3.05) is 6.61 Å². The molecule has 0 unspecified atom stereocenters. The van der Waals surface area contributed by atoms with Crippen LogP contribution < -0.4 is 9.47 Å². The largest absolute Gasteiger partial charge is 0.454 e. The van der Waals surface area contributed by atoms with E-state index in [1.165, 1.54) is 18.2 Å². The molecule has 0 atom stereocenters. The van der Waals surface area contributed by atoms with Gasteiger partial charge >= 0.3 is 6.61 Å². The second-order valence-corrected chi connectivity index (χ2v) is 7.46. The molecule has 0 radical (unpaired) electrons. The molecule has 3 aromatic carbocycles. The fourth-order valence-electron chi connectivity index (χ4n) is 2.93. The van der Waals surface area contributed by atoms with Crippen LogP contribution in [0.1, 0.15) is 25.0 Å². The summed E-state index contributed by atoms with van der Waals surface area (Å²) in [5, 5.41) is 0. The van der Waals surface area contributed by atoms with Crippen LogP contribution in [0.2, 0.25) is 0 Å². The molecule has 0 heterocycles. The lowest BCUT2D eigenvalue weighted by Crippen LogP contribution is -2.24. The standard InChI is InChI=1S/C24H23F3O3/c1-24(2,18-9-11-20(12-10-18)30-23(26)27)16-28-15-17-8-13-21(25)22(14-17)29-19-6-4-3-5-7-19/h3-14,23H,15-16H2,1-2H3. The number of alkyl halides is 2. The van der Waals surface area contributed by atoms with E-state index in [0.717, 1.165) is 11.1 Å². The van der Waals surface area contributed by atoms with Gasteiger partial charge in [0.05, 0.1) is 13.2 Å². The first-order valence-electron chi connectivity index (χ1n) is 9.48. The van der Waals surface area contributed by atoms with Crippen LogP contribution in [0, 0.1) is 5.82 Å². The minimum Gasteiger partial charge on any atom is -0.454 e. The highest BCUT2D eigenvalue weighted by molar-refractivity contribution is 5.35. The van der Waals surface area contributed by atoms with Gasteiger partial charge in [-0.2, -0.15) is 8.78 Å². The summed E-state index contributed by atoms with van der Waals surface area (Å²) in [5.74, 6) is 0.350. The molecule has 3 aromatic rings. The first-order valence-corrected chi connectivity index (χ1v) is 9.48. The average Bonchev–Trinajstić information content (AvgIpc) is 2.71. The summed E-state index contributed by atoms with van der Waals surface area (Å²) in [5.41, 5.74) is 1.35. The van der Waals surface area contributed by atoms with Crippen molar-refractivity contribution in [3.63, 3.8) is 0 Å². The van der Waals surface area contributed by atoms with Gasteiger partial charge in [-0.25, -0.2) is 4.39 Å². The highest BCUT2D eigenvalue weighted by atomic mass is 19.3. The van der Waals surface area contributed by atoms with Crippen molar-refractivity contribution in [3.05, 3.63) is 89.7 Å².